The van der Waals surface area contributed by atoms with Crippen LogP contribution < -0.4 is 0 Å². The summed E-state index contributed by atoms with van der Waals surface area (Å²) in [7, 11) is 1.31. The summed E-state index contributed by atoms with van der Waals surface area (Å²) < 4.78 is 3.86. The first-order chi connectivity index (χ1) is 8.79. The van der Waals surface area contributed by atoms with Gasteiger partial charge in [0.1, 0.15) is 5.69 Å². The van der Waals surface area contributed by atoms with Crippen molar-refractivity contribution in [3.05, 3.63) is 30.1 Å². The van der Waals surface area contributed by atoms with Gasteiger partial charge in [-0.1, -0.05) is 6.07 Å². The standard InChI is InChI=1S/C11H14N2O.C2H4O2.HI/c14-11(10-6-2-3-7-12-10)13-8-4-1-5-9-13;1-4-2-3;/h2-3,6-7H,1,4-5,8-9H2;2H,1H3;1H. The number of hydrogen-bond acceptors (Lipinski definition) is 4. The smallest absolute Gasteiger partial charge is 0.292 e. The number of carbonyl (C=O) groups is 2. The third kappa shape index (κ3) is 6.51. The van der Waals surface area contributed by atoms with E-state index >= 15 is 0 Å². The predicted molar refractivity (Wildman–Crippen MR) is 82.5 cm³/mol. The molecule has 1 saturated heterocycles. The van der Waals surface area contributed by atoms with E-state index in [9.17, 15) is 4.79 Å². The Hall–Kier alpha value is -1.18. The third-order valence-corrected chi connectivity index (χ3v) is 2.62. The van der Waals surface area contributed by atoms with Crippen LogP contribution in [0.15, 0.2) is 24.4 Å². The van der Waals surface area contributed by atoms with Gasteiger partial charge in [0.2, 0.25) is 0 Å². The van der Waals surface area contributed by atoms with Crippen LogP contribution in [0.3, 0.4) is 0 Å². The molecule has 0 aromatic carbocycles. The number of ether oxygens (including phenoxy) is 1. The zero-order valence-corrected chi connectivity index (χ0v) is 13.3. The second kappa shape index (κ2) is 10.7. The number of amides is 1. The molecular weight excluding hydrogens is 359 g/mol. The first kappa shape index (κ1) is 17.8. The minimum absolute atomic E-state index is 0. The number of methoxy groups -OCH3 is 1. The fraction of sp³-hybridized carbons (Fsp3) is 0.462. The summed E-state index contributed by atoms with van der Waals surface area (Å²) in [6.07, 6.45) is 5.15. The molecule has 5 nitrogen and oxygen atoms in total. The average Bonchev–Trinajstić information content (AvgIpc) is 2.48. The second-order valence-corrected chi connectivity index (χ2v) is 3.90. The molecule has 2 rings (SSSR count). The molecule has 1 aliphatic rings. The molecule has 1 aromatic heterocycles. The quantitative estimate of drug-likeness (QED) is 0.584. The molecule has 0 spiro atoms. The SMILES string of the molecule is COC=O.I.O=C(c1ccccn1)N1CCCCC1. The lowest BCUT2D eigenvalue weighted by molar-refractivity contribution is -0.126. The Labute approximate surface area is 130 Å². The molecule has 1 fully saturated rings. The molecule has 0 atom stereocenters. The molecule has 0 bridgehead atoms. The molecule has 0 N–H and O–H groups in total. The first-order valence-electron chi connectivity index (χ1n) is 5.96. The average molecular weight is 378 g/mol. The molecule has 0 saturated carbocycles. The van der Waals surface area contributed by atoms with Crippen molar-refractivity contribution in [1.29, 1.82) is 0 Å². The highest BCUT2D eigenvalue weighted by Crippen LogP contribution is 2.11. The first-order valence-corrected chi connectivity index (χ1v) is 5.96. The van der Waals surface area contributed by atoms with Crippen LogP contribution in [0.2, 0.25) is 0 Å². The second-order valence-electron chi connectivity index (χ2n) is 3.90. The van der Waals surface area contributed by atoms with Gasteiger partial charge in [-0.05, 0) is 31.4 Å². The summed E-state index contributed by atoms with van der Waals surface area (Å²) in [4.78, 5) is 26.8. The van der Waals surface area contributed by atoms with Crippen molar-refractivity contribution in [1.82, 2.24) is 9.88 Å². The van der Waals surface area contributed by atoms with Crippen LogP contribution in [0.25, 0.3) is 0 Å². The summed E-state index contributed by atoms with van der Waals surface area (Å²) in [6, 6.07) is 5.45. The summed E-state index contributed by atoms with van der Waals surface area (Å²) >= 11 is 0. The molecule has 106 valence electrons. The van der Waals surface area contributed by atoms with E-state index < -0.39 is 0 Å². The molecule has 6 heteroatoms. The van der Waals surface area contributed by atoms with Crippen molar-refractivity contribution in [3.8, 4) is 0 Å². The highest BCUT2D eigenvalue weighted by atomic mass is 127. The van der Waals surface area contributed by atoms with Gasteiger partial charge in [0.15, 0.2) is 0 Å². The van der Waals surface area contributed by atoms with Gasteiger partial charge in [-0.25, -0.2) is 0 Å². The molecule has 2 heterocycles. The number of aromatic nitrogens is 1. The zero-order chi connectivity index (χ0) is 13.2. The van der Waals surface area contributed by atoms with Crippen LogP contribution >= 0.6 is 24.0 Å². The Balaban J connectivity index is 0.000000576. The number of rotatable bonds is 2. The Kier molecular flexibility index (Phi) is 10.1. The maximum atomic E-state index is 11.9. The third-order valence-electron chi connectivity index (χ3n) is 2.62. The van der Waals surface area contributed by atoms with Gasteiger partial charge in [-0.15, -0.1) is 24.0 Å². The number of piperidine rings is 1. The van der Waals surface area contributed by atoms with Crippen molar-refractivity contribution in [2.45, 2.75) is 19.3 Å². The summed E-state index contributed by atoms with van der Waals surface area (Å²) in [5, 5.41) is 0. The Bertz CT molecular complexity index is 367. The van der Waals surface area contributed by atoms with Crippen LogP contribution in [0.1, 0.15) is 29.8 Å². The fourth-order valence-electron chi connectivity index (χ4n) is 1.75. The monoisotopic (exact) mass is 378 g/mol. The van der Waals surface area contributed by atoms with E-state index in [1.54, 1.807) is 12.3 Å². The lowest BCUT2D eigenvalue weighted by Crippen LogP contribution is -2.35. The van der Waals surface area contributed by atoms with Gasteiger partial charge in [0.05, 0.1) is 7.11 Å². The zero-order valence-electron chi connectivity index (χ0n) is 10.9. The normalized spacial score (nSPS) is 13.4. The van der Waals surface area contributed by atoms with Crippen LogP contribution in [0.5, 0.6) is 0 Å². The number of likely N-dealkylation sites (tertiary alicyclic amines) is 1. The molecule has 1 aromatic rings. The van der Waals surface area contributed by atoms with Gasteiger partial charge in [-0.2, -0.15) is 0 Å². The molecule has 0 aliphatic carbocycles. The largest absolute Gasteiger partial charge is 0.471 e. The topological polar surface area (TPSA) is 59.5 Å². The molecule has 19 heavy (non-hydrogen) atoms. The van der Waals surface area contributed by atoms with Crippen LogP contribution in [-0.4, -0.2) is 42.5 Å². The van der Waals surface area contributed by atoms with Gasteiger partial charge >= 0.3 is 0 Å². The van der Waals surface area contributed by atoms with E-state index in [0.29, 0.717) is 12.2 Å². The lowest BCUT2D eigenvalue weighted by Gasteiger charge is -2.26. The highest BCUT2D eigenvalue weighted by molar-refractivity contribution is 14.0. The van der Waals surface area contributed by atoms with Gasteiger partial charge in [0, 0.05) is 19.3 Å². The number of nitrogens with zero attached hydrogens (tertiary/aromatic N) is 2. The number of pyridine rings is 1. The number of carbonyl (C=O) groups excluding carboxylic acids is 2. The van der Waals surface area contributed by atoms with Gasteiger partial charge in [0.25, 0.3) is 12.4 Å². The highest BCUT2D eigenvalue weighted by Gasteiger charge is 2.18. The number of hydrogen-bond donors (Lipinski definition) is 0. The van der Waals surface area contributed by atoms with E-state index in [2.05, 4.69) is 9.72 Å². The van der Waals surface area contributed by atoms with Gasteiger partial charge in [-0.3, -0.25) is 14.6 Å². The molecule has 1 amide bonds. The predicted octanol–water partition coefficient (Wildman–Crippen LogP) is 2.11. The van der Waals surface area contributed by atoms with E-state index in [4.69, 9.17) is 4.79 Å². The number of halogens is 1. The van der Waals surface area contributed by atoms with Crippen molar-refractivity contribution in [2.75, 3.05) is 20.2 Å². The fourth-order valence-corrected chi connectivity index (χ4v) is 1.75. The molecule has 1 aliphatic heterocycles. The van der Waals surface area contributed by atoms with Crippen molar-refractivity contribution in [3.63, 3.8) is 0 Å². The molecular formula is C13H19IN2O3. The van der Waals surface area contributed by atoms with E-state index in [1.165, 1.54) is 13.5 Å². The maximum Gasteiger partial charge on any atom is 0.292 e. The summed E-state index contributed by atoms with van der Waals surface area (Å²) in [5.74, 6) is 0.0744. The van der Waals surface area contributed by atoms with Crippen LogP contribution in [-0.2, 0) is 9.53 Å². The summed E-state index contributed by atoms with van der Waals surface area (Å²) in [5.41, 5.74) is 0.564. The Morgan fingerprint density at radius 1 is 1.32 bits per heavy atom. The Morgan fingerprint density at radius 2 is 1.95 bits per heavy atom. The minimum Gasteiger partial charge on any atom is -0.471 e. The van der Waals surface area contributed by atoms with Crippen LogP contribution in [0, 0.1) is 0 Å². The van der Waals surface area contributed by atoms with Crippen molar-refractivity contribution in [2.24, 2.45) is 0 Å². The van der Waals surface area contributed by atoms with Crippen molar-refractivity contribution >= 4 is 36.4 Å². The van der Waals surface area contributed by atoms with Gasteiger partial charge < -0.3 is 9.64 Å². The lowest BCUT2D eigenvalue weighted by atomic mass is 10.1. The Morgan fingerprint density at radius 3 is 2.42 bits per heavy atom. The molecule has 0 radical (unpaired) electrons. The van der Waals surface area contributed by atoms with Crippen LogP contribution in [0.4, 0.5) is 0 Å². The van der Waals surface area contributed by atoms with E-state index in [-0.39, 0.29) is 29.9 Å². The summed E-state index contributed by atoms with van der Waals surface area (Å²) in [6.45, 7) is 2.14. The molecule has 0 unspecified atom stereocenters. The minimum atomic E-state index is 0. The van der Waals surface area contributed by atoms with Crippen molar-refractivity contribution < 1.29 is 14.3 Å². The van der Waals surface area contributed by atoms with E-state index in [1.807, 2.05) is 17.0 Å². The van der Waals surface area contributed by atoms with E-state index in [0.717, 1.165) is 25.9 Å². The maximum absolute atomic E-state index is 11.9.